The van der Waals surface area contributed by atoms with Gasteiger partial charge in [-0.3, -0.25) is 19.3 Å². The Balaban J connectivity index is 1.33. The molecule has 2 heterocycles. The van der Waals surface area contributed by atoms with Crippen molar-refractivity contribution < 1.29 is 24.2 Å². The van der Waals surface area contributed by atoms with Crippen LogP contribution in [0.3, 0.4) is 0 Å². The molecule has 0 radical (unpaired) electrons. The number of imide groups is 1. The number of benzene rings is 2. The van der Waals surface area contributed by atoms with Gasteiger partial charge in [-0.1, -0.05) is 23.7 Å². The van der Waals surface area contributed by atoms with Crippen molar-refractivity contribution in [1.82, 2.24) is 14.5 Å². The maximum Gasteiger partial charge on any atom is 0.306 e. The molecular formula is C22H20ClN3O5. The average molecular weight is 442 g/mol. The van der Waals surface area contributed by atoms with Crippen molar-refractivity contribution in [3.63, 3.8) is 0 Å². The minimum atomic E-state index is -0.461. The van der Waals surface area contributed by atoms with Crippen molar-refractivity contribution in [2.75, 3.05) is 13.2 Å². The van der Waals surface area contributed by atoms with Crippen LogP contribution in [-0.2, 0) is 22.7 Å². The highest BCUT2D eigenvalue weighted by Crippen LogP contribution is 2.23. The van der Waals surface area contributed by atoms with E-state index in [4.69, 9.17) is 16.3 Å². The topological polar surface area (TPSA) is 102 Å². The van der Waals surface area contributed by atoms with Crippen LogP contribution in [0, 0.1) is 0 Å². The zero-order valence-corrected chi connectivity index (χ0v) is 17.3. The second-order valence-corrected chi connectivity index (χ2v) is 7.54. The average Bonchev–Trinajstić information content (AvgIpc) is 3.22. The molecule has 31 heavy (non-hydrogen) atoms. The maximum atomic E-state index is 12.3. The molecular weight excluding hydrogens is 422 g/mol. The summed E-state index contributed by atoms with van der Waals surface area (Å²) in [5.74, 6) is -0.645. The molecule has 3 aromatic rings. The molecule has 1 N–H and O–H groups in total. The van der Waals surface area contributed by atoms with Gasteiger partial charge in [-0.2, -0.15) is 0 Å². The van der Waals surface area contributed by atoms with E-state index in [2.05, 4.69) is 4.98 Å². The van der Waals surface area contributed by atoms with Gasteiger partial charge in [-0.15, -0.1) is 0 Å². The number of hydrogen-bond donors (Lipinski definition) is 1. The Morgan fingerprint density at radius 2 is 1.77 bits per heavy atom. The fourth-order valence-corrected chi connectivity index (χ4v) is 3.81. The molecule has 1 aliphatic heterocycles. The number of aliphatic hydroxyl groups is 1. The number of aromatic nitrogens is 2. The zero-order valence-electron chi connectivity index (χ0n) is 16.6. The number of imidazole rings is 1. The zero-order chi connectivity index (χ0) is 22.0. The summed E-state index contributed by atoms with van der Waals surface area (Å²) >= 11 is 6.05. The first-order valence-electron chi connectivity index (χ1n) is 9.86. The van der Waals surface area contributed by atoms with Gasteiger partial charge in [0.25, 0.3) is 11.8 Å². The van der Waals surface area contributed by atoms with Crippen LogP contribution in [0.25, 0.3) is 11.0 Å². The highest BCUT2D eigenvalue weighted by Gasteiger charge is 2.34. The number of fused-ring (bicyclic) bond motifs is 2. The molecule has 2 amide bonds. The van der Waals surface area contributed by atoms with Crippen LogP contribution < -0.4 is 0 Å². The Morgan fingerprint density at radius 3 is 2.45 bits per heavy atom. The number of aliphatic hydroxyl groups excluding tert-OH is 1. The minimum Gasteiger partial charge on any atom is -0.458 e. The van der Waals surface area contributed by atoms with Gasteiger partial charge in [-0.05, 0) is 36.8 Å². The van der Waals surface area contributed by atoms with Crippen LogP contribution in [0.4, 0.5) is 0 Å². The van der Waals surface area contributed by atoms with E-state index in [-0.39, 0.29) is 38.0 Å². The molecule has 0 fully saturated rings. The summed E-state index contributed by atoms with van der Waals surface area (Å²) in [4.78, 5) is 42.5. The van der Waals surface area contributed by atoms with Crippen molar-refractivity contribution in [2.24, 2.45) is 0 Å². The van der Waals surface area contributed by atoms with Crippen molar-refractivity contribution in [3.05, 3.63) is 64.4 Å². The lowest BCUT2D eigenvalue weighted by Gasteiger charge is -2.13. The number of nitrogens with zero attached hydrogens (tertiary/aromatic N) is 3. The molecule has 160 valence electrons. The predicted molar refractivity (Wildman–Crippen MR) is 113 cm³/mol. The third-order valence-corrected chi connectivity index (χ3v) is 5.35. The molecule has 0 spiro atoms. The largest absolute Gasteiger partial charge is 0.458 e. The van der Waals surface area contributed by atoms with Crippen LogP contribution in [0.2, 0.25) is 5.02 Å². The van der Waals surface area contributed by atoms with E-state index in [1.54, 1.807) is 47.0 Å². The Labute approximate surface area is 183 Å². The van der Waals surface area contributed by atoms with Crippen molar-refractivity contribution in [3.8, 4) is 0 Å². The second-order valence-electron chi connectivity index (χ2n) is 7.11. The number of rotatable bonds is 8. The van der Waals surface area contributed by atoms with Gasteiger partial charge >= 0.3 is 5.97 Å². The van der Waals surface area contributed by atoms with Gasteiger partial charge < -0.3 is 14.4 Å². The number of ether oxygens (including phenoxy) is 1. The quantitative estimate of drug-likeness (QED) is 0.426. The molecule has 0 unspecified atom stereocenters. The molecule has 0 atom stereocenters. The summed E-state index contributed by atoms with van der Waals surface area (Å²) in [5, 5.41) is 9.89. The van der Waals surface area contributed by atoms with Crippen LogP contribution in [0.15, 0.2) is 42.5 Å². The smallest absolute Gasteiger partial charge is 0.306 e. The molecule has 0 saturated heterocycles. The minimum absolute atomic E-state index is 0.0550. The normalized spacial score (nSPS) is 13.2. The number of amides is 2. The molecule has 0 bridgehead atoms. The molecule has 9 heteroatoms. The highest BCUT2D eigenvalue weighted by molar-refractivity contribution is 6.31. The fourth-order valence-electron chi connectivity index (χ4n) is 3.65. The third-order valence-electron chi connectivity index (χ3n) is 5.12. The van der Waals surface area contributed by atoms with Crippen LogP contribution >= 0.6 is 11.6 Å². The van der Waals surface area contributed by atoms with Gasteiger partial charge in [0.1, 0.15) is 12.4 Å². The first kappa shape index (κ1) is 21.0. The SMILES string of the molecule is O=C(CCCN1C(=O)c2ccccc2C1=O)OCc1nc2ccc(Cl)cc2n1CCO. The van der Waals surface area contributed by atoms with Gasteiger partial charge in [0, 0.05) is 24.5 Å². The van der Waals surface area contributed by atoms with Crippen molar-refractivity contribution in [2.45, 2.75) is 26.0 Å². The molecule has 0 aliphatic carbocycles. The highest BCUT2D eigenvalue weighted by atomic mass is 35.5. The Hall–Kier alpha value is -3.23. The number of carbonyl (C=O) groups excluding carboxylic acids is 3. The predicted octanol–water partition coefficient (Wildman–Crippen LogP) is 2.80. The molecule has 2 aromatic carbocycles. The number of hydrogen-bond acceptors (Lipinski definition) is 6. The maximum absolute atomic E-state index is 12.3. The van der Waals surface area contributed by atoms with Crippen molar-refractivity contribution in [1.29, 1.82) is 0 Å². The molecule has 1 aromatic heterocycles. The summed E-state index contributed by atoms with van der Waals surface area (Å²) in [7, 11) is 0. The van der Waals surface area contributed by atoms with Gasteiger partial charge in [0.2, 0.25) is 0 Å². The Bertz CT molecular complexity index is 1140. The van der Waals surface area contributed by atoms with Gasteiger partial charge in [0.05, 0.1) is 28.8 Å². The van der Waals surface area contributed by atoms with Gasteiger partial charge in [-0.25, -0.2) is 4.98 Å². The lowest BCUT2D eigenvalue weighted by Crippen LogP contribution is -2.31. The Kier molecular flexibility index (Phi) is 6.01. The first-order valence-corrected chi connectivity index (χ1v) is 10.2. The molecule has 4 rings (SSSR count). The van der Waals surface area contributed by atoms with E-state index in [1.807, 2.05) is 0 Å². The number of esters is 1. The molecule has 1 aliphatic rings. The van der Waals surface area contributed by atoms with E-state index in [0.717, 1.165) is 10.4 Å². The standard InChI is InChI=1S/C22H20ClN3O5/c23-14-7-8-17-18(12-14)25(10-11-27)19(24-17)13-31-20(28)6-3-9-26-21(29)15-4-1-2-5-16(15)22(26)30/h1-2,4-5,7-8,12,27H,3,6,9-11,13H2. The van der Waals surface area contributed by atoms with Crippen molar-refractivity contribution >= 4 is 40.4 Å². The molecule has 0 saturated carbocycles. The number of carbonyl (C=O) groups is 3. The second kappa shape index (κ2) is 8.87. The fraction of sp³-hybridized carbons (Fsp3) is 0.273. The van der Waals surface area contributed by atoms with Crippen LogP contribution in [-0.4, -0.2) is 50.5 Å². The van der Waals surface area contributed by atoms with Gasteiger partial charge in [0.15, 0.2) is 0 Å². The summed E-state index contributed by atoms with van der Waals surface area (Å²) < 4.78 is 7.09. The van der Waals surface area contributed by atoms with E-state index in [1.165, 1.54) is 0 Å². The Morgan fingerprint density at radius 1 is 1.06 bits per heavy atom. The number of halogens is 1. The van der Waals surface area contributed by atoms with Crippen LogP contribution in [0.5, 0.6) is 0 Å². The van der Waals surface area contributed by atoms with E-state index in [0.29, 0.717) is 40.5 Å². The third kappa shape index (κ3) is 4.17. The molecule has 8 nitrogen and oxygen atoms in total. The monoisotopic (exact) mass is 441 g/mol. The van der Waals surface area contributed by atoms with E-state index >= 15 is 0 Å². The summed E-state index contributed by atoms with van der Waals surface area (Å²) in [6, 6.07) is 11.9. The summed E-state index contributed by atoms with van der Waals surface area (Å²) in [6.07, 6.45) is 0.354. The first-order chi connectivity index (χ1) is 15.0. The summed E-state index contributed by atoms with van der Waals surface area (Å²) in [5.41, 5.74) is 2.21. The summed E-state index contributed by atoms with van der Waals surface area (Å²) in [6.45, 7) is 0.282. The van der Waals surface area contributed by atoms with E-state index < -0.39 is 5.97 Å². The van der Waals surface area contributed by atoms with E-state index in [9.17, 15) is 19.5 Å². The lowest BCUT2D eigenvalue weighted by molar-refractivity contribution is -0.145. The van der Waals surface area contributed by atoms with Crippen LogP contribution in [0.1, 0.15) is 39.4 Å². The lowest BCUT2D eigenvalue weighted by atomic mass is 10.1.